The van der Waals surface area contributed by atoms with Crippen LogP contribution in [0.3, 0.4) is 0 Å². The summed E-state index contributed by atoms with van der Waals surface area (Å²) in [7, 11) is 0. The van der Waals surface area contributed by atoms with Crippen molar-refractivity contribution in [3.8, 4) is 0 Å². The highest BCUT2D eigenvalue weighted by atomic mass is 19.1. The number of rotatable bonds is 7. The number of aliphatic hydroxyl groups excluding tert-OH is 1. The molecule has 0 radical (unpaired) electrons. The molecule has 1 N–H and O–H groups in total. The Morgan fingerprint density at radius 3 is 2.03 bits per heavy atom. The Labute approximate surface area is 169 Å². The second kappa shape index (κ2) is 9.75. The number of hydrogen-bond acceptors (Lipinski definition) is 1. The minimum atomic E-state index is -1.77. The van der Waals surface area contributed by atoms with Crippen LogP contribution in [0.1, 0.15) is 87.0 Å². The van der Waals surface area contributed by atoms with Crippen molar-refractivity contribution in [2.75, 3.05) is 0 Å². The first-order valence-corrected chi connectivity index (χ1v) is 10.5. The summed E-state index contributed by atoms with van der Waals surface area (Å²) < 4.78 is 57.4. The van der Waals surface area contributed by atoms with Gasteiger partial charge in [0.05, 0.1) is 5.56 Å². The third-order valence-electron chi connectivity index (χ3n) is 6.16. The normalized spacial score (nSPS) is 20.6. The third-order valence-corrected chi connectivity index (χ3v) is 6.16. The minimum absolute atomic E-state index is 0.0296. The van der Waals surface area contributed by atoms with Gasteiger partial charge in [0.25, 0.3) is 0 Å². The number of benzene rings is 2. The maximum absolute atomic E-state index is 14.8. The first-order chi connectivity index (χ1) is 13.9. The highest BCUT2D eigenvalue weighted by molar-refractivity contribution is 5.36. The zero-order chi connectivity index (χ0) is 21.0. The van der Waals surface area contributed by atoms with Gasteiger partial charge < -0.3 is 5.11 Å². The van der Waals surface area contributed by atoms with E-state index < -0.39 is 34.9 Å². The lowest BCUT2D eigenvalue weighted by Crippen LogP contribution is -2.16. The van der Waals surface area contributed by atoms with Gasteiger partial charge in [0.15, 0.2) is 0 Å². The molecule has 0 saturated heterocycles. The van der Waals surface area contributed by atoms with E-state index in [1.165, 1.54) is 31.7 Å². The summed E-state index contributed by atoms with van der Waals surface area (Å²) >= 11 is 0. The predicted molar refractivity (Wildman–Crippen MR) is 106 cm³/mol. The monoisotopic (exact) mass is 408 g/mol. The lowest BCUT2D eigenvalue weighted by atomic mass is 9.76. The fourth-order valence-corrected chi connectivity index (χ4v) is 4.51. The molecule has 0 aromatic heterocycles. The first kappa shape index (κ1) is 21.8. The van der Waals surface area contributed by atoms with E-state index in [-0.39, 0.29) is 17.0 Å². The molecule has 0 spiro atoms. The van der Waals surface area contributed by atoms with E-state index in [1.807, 2.05) is 0 Å². The average molecular weight is 408 g/mol. The molecule has 0 heterocycles. The molecule has 1 saturated carbocycles. The molecule has 1 aliphatic carbocycles. The van der Waals surface area contributed by atoms with Gasteiger partial charge in [0, 0.05) is 5.56 Å². The maximum Gasteiger partial charge on any atom is 0.132 e. The molecular formula is C24H28F4O. The SMILES string of the molecule is CCCCCC1CCC(c2c(F)cc(C(O)c3c(F)cccc3F)cc2F)CC1. The van der Waals surface area contributed by atoms with Gasteiger partial charge in [-0.2, -0.15) is 0 Å². The summed E-state index contributed by atoms with van der Waals surface area (Å²) in [6.45, 7) is 2.17. The van der Waals surface area contributed by atoms with Crippen molar-refractivity contribution in [2.45, 2.75) is 70.3 Å². The molecule has 1 atom stereocenters. The molecule has 2 aromatic carbocycles. The Morgan fingerprint density at radius 1 is 0.897 bits per heavy atom. The fraction of sp³-hybridized carbons (Fsp3) is 0.500. The fourth-order valence-electron chi connectivity index (χ4n) is 4.51. The van der Waals surface area contributed by atoms with Crippen molar-refractivity contribution in [1.82, 2.24) is 0 Å². The maximum atomic E-state index is 14.8. The second-order valence-electron chi connectivity index (χ2n) is 8.15. The number of aliphatic hydroxyl groups is 1. The molecule has 158 valence electrons. The highest BCUT2D eigenvalue weighted by Crippen LogP contribution is 2.40. The summed E-state index contributed by atoms with van der Waals surface area (Å²) in [5, 5.41) is 10.3. The van der Waals surface area contributed by atoms with Crippen molar-refractivity contribution >= 4 is 0 Å². The third kappa shape index (κ3) is 5.00. The van der Waals surface area contributed by atoms with E-state index in [2.05, 4.69) is 6.92 Å². The van der Waals surface area contributed by atoms with Crippen LogP contribution in [0, 0.1) is 29.2 Å². The van der Waals surface area contributed by atoms with Crippen LogP contribution in [0.2, 0.25) is 0 Å². The van der Waals surface area contributed by atoms with Gasteiger partial charge >= 0.3 is 0 Å². The molecule has 0 amide bonds. The largest absolute Gasteiger partial charge is 0.383 e. The second-order valence-corrected chi connectivity index (χ2v) is 8.15. The van der Waals surface area contributed by atoms with Crippen molar-refractivity contribution in [1.29, 1.82) is 0 Å². The Kier molecular flexibility index (Phi) is 7.33. The first-order valence-electron chi connectivity index (χ1n) is 10.5. The van der Waals surface area contributed by atoms with E-state index in [1.54, 1.807) is 0 Å². The molecule has 1 unspecified atom stereocenters. The molecular weight excluding hydrogens is 380 g/mol. The standard InChI is InChI=1S/C24H28F4O/c1-2-3-4-6-15-9-11-16(12-10-15)22-20(27)13-17(14-21(22)28)24(29)23-18(25)7-5-8-19(23)26/h5,7-8,13-16,24,29H,2-4,6,9-12H2,1H3. The summed E-state index contributed by atoms with van der Waals surface area (Å²) in [4.78, 5) is 0. The lowest BCUT2D eigenvalue weighted by Gasteiger charge is -2.29. The molecule has 0 aliphatic heterocycles. The van der Waals surface area contributed by atoms with E-state index in [0.717, 1.165) is 49.9 Å². The van der Waals surface area contributed by atoms with Gasteiger partial charge in [-0.3, -0.25) is 0 Å². The summed E-state index contributed by atoms with van der Waals surface area (Å²) in [6, 6.07) is 5.18. The average Bonchev–Trinajstić information content (AvgIpc) is 2.68. The van der Waals surface area contributed by atoms with E-state index in [0.29, 0.717) is 5.92 Å². The van der Waals surface area contributed by atoms with Crippen LogP contribution in [-0.4, -0.2) is 5.11 Å². The Bertz CT molecular complexity index is 784. The van der Waals surface area contributed by atoms with Crippen LogP contribution in [0.15, 0.2) is 30.3 Å². The van der Waals surface area contributed by atoms with E-state index in [9.17, 15) is 22.7 Å². The van der Waals surface area contributed by atoms with Gasteiger partial charge in [0.1, 0.15) is 29.4 Å². The molecule has 3 rings (SSSR count). The molecule has 5 heteroatoms. The van der Waals surface area contributed by atoms with Crippen LogP contribution >= 0.6 is 0 Å². The zero-order valence-corrected chi connectivity index (χ0v) is 16.7. The van der Waals surface area contributed by atoms with Gasteiger partial charge in [-0.05, 0) is 67.3 Å². The summed E-state index contributed by atoms with van der Waals surface area (Å²) in [6.07, 6.45) is 6.37. The van der Waals surface area contributed by atoms with Crippen molar-refractivity contribution < 1.29 is 22.7 Å². The van der Waals surface area contributed by atoms with Crippen LogP contribution < -0.4 is 0 Å². The Morgan fingerprint density at radius 2 is 1.48 bits per heavy atom. The topological polar surface area (TPSA) is 20.2 Å². The lowest BCUT2D eigenvalue weighted by molar-refractivity contribution is 0.207. The van der Waals surface area contributed by atoms with E-state index in [4.69, 9.17) is 0 Å². The van der Waals surface area contributed by atoms with Crippen molar-refractivity contribution in [2.24, 2.45) is 5.92 Å². The Hall–Kier alpha value is -1.88. The number of halogens is 4. The molecule has 29 heavy (non-hydrogen) atoms. The number of unbranched alkanes of at least 4 members (excludes halogenated alkanes) is 2. The van der Waals surface area contributed by atoms with Crippen LogP contribution in [0.4, 0.5) is 17.6 Å². The van der Waals surface area contributed by atoms with Gasteiger partial charge in [-0.25, -0.2) is 17.6 Å². The minimum Gasteiger partial charge on any atom is -0.383 e. The van der Waals surface area contributed by atoms with Crippen molar-refractivity contribution in [3.05, 3.63) is 70.3 Å². The van der Waals surface area contributed by atoms with Gasteiger partial charge in [-0.1, -0.05) is 38.7 Å². The van der Waals surface area contributed by atoms with Crippen molar-refractivity contribution in [3.63, 3.8) is 0 Å². The summed E-state index contributed by atoms with van der Waals surface area (Å²) in [5.41, 5.74) is -0.769. The quantitative estimate of drug-likeness (QED) is 0.380. The molecule has 2 aromatic rings. The summed E-state index contributed by atoms with van der Waals surface area (Å²) in [5.74, 6) is -3.01. The molecule has 0 bridgehead atoms. The zero-order valence-electron chi connectivity index (χ0n) is 16.7. The van der Waals surface area contributed by atoms with Gasteiger partial charge in [-0.15, -0.1) is 0 Å². The van der Waals surface area contributed by atoms with Crippen LogP contribution in [0.5, 0.6) is 0 Å². The molecule has 1 fully saturated rings. The van der Waals surface area contributed by atoms with Crippen LogP contribution in [0.25, 0.3) is 0 Å². The smallest absolute Gasteiger partial charge is 0.132 e. The van der Waals surface area contributed by atoms with Crippen LogP contribution in [-0.2, 0) is 0 Å². The Balaban J connectivity index is 1.75. The predicted octanol–water partition coefficient (Wildman–Crippen LogP) is 7.18. The molecule has 1 nitrogen and oxygen atoms in total. The number of hydrogen-bond donors (Lipinski definition) is 1. The molecule has 1 aliphatic rings. The van der Waals surface area contributed by atoms with E-state index >= 15 is 0 Å². The highest BCUT2D eigenvalue weighted by Gasteiger charge is 2.28. The van der Waals surface area contributed by atoms with Gasteiger partial charge in [0.2, 0.25) is 0 Å².